The van der Waals surface area contributed by atoms with E-state index in [0.29, 0.717) is 17.9 Å². The topological polar surface area (TPSA) is 58.6 Å². The van der Waals surface area contributed by atoms with E-state index in [4.69, 9.17) is 4.74 Å². The number of rotatable bonds is 11. The molecular formula is C17H26NO3. The number of ketones is 1. The molecule has 0 bridgehead atoms. The highest BCUT2D eigenvalue weighted by atomic mass is 16.5. The number of ether oxygens (including phenoxy) is 1. The molecular weight excluding hydrogens is 266 g/mol. The predicted octanol–water partition coefficient (Wildman–Crippen LogP) is 2.61. The third-order valence-electron chi connectivity index (χ3n) is 3.18. The van der Waals surface area contributed by atoms with Gasteiger partial charge in [0.1, 0.15) is 18.5 Å². The first-order valence-corrected chi connectivity index (χ1v) is 7.56. The Morgan fingerprint density at radius 3 is 2.81 bits per heavy atom. The second-order valence-electron chi connectivity index (χ2n) is 5.14. The fourth-order valence-electron chi connectivity index (χ4n) is 2.00. The highest BCUT2D eigenvalue weighted by Gasteiger charge is 2.10. The van der Waals surface area contributed by atoms with Gasteiger partial charge in [0.05, 0.1) is 5.56 Å². The number of para-hydroxylation sites is 1. The van der Waals surface area contributed by atoms with E-state index in [1.165, 1.54) is 6.92 Å². The van der Waals surface area contributed by atoms with Crippen LogP contribution in [-0.2, 0) is 0 Å². The second-order valence-corrected chi connectivity index (χ2v) is 5.14. The molecule has 1 aromatic rings. The summed E-state index contributed by atoms with van der Waals surface area (Å²) in [6.07, 6.45) is 3.80. The van der Waals surface area contributed by atoms with Crippen LogP contribution in [0.3, 0.4) is 0 Å². The Labute approximate surface area is 127 Å². The normalized spacial score (nSPS) is 12.1. The van der Waals surface area contributed by atoms with Crippen LogP contribution in [0, 0.1) is 6.92 Å². The van der Waals surface area contributed by atoms with Crippen LogP contribution in [0.25, 0.3) is 0 Å². The molecule has 1 rings (SSSR count). The predicted molar refractivity (Wildman–Crippen MR) is 84.6 cm³/mol. The van der Waals surface area contributed by atoms with E-state index in [1.54, 1.807) is 18.2 Å². The number of Topliss-reactive ketones (excluding diaryl/α,β-unsaturated/α-hetero) is 1. The summed E-state index contributed by atoms with van der Waals surface area (Å²) in [7, 11) is 0. The Bertz CT molecular complexity index is 420. The molecule has 1 radical (unpaired) electrons. The molecule has 0 saturated carbocycles. The molecule has 0 amide bonds. The zero-order valence-corrected chi connectivity index (χ0v) is 12.8. The minimum Gasteiger partial charge on any atom is -0.490 e. The molecule has 0 saturated heterocycles. The molecule has 117 valence electrons. The smallest absolute Gasteiger partial charge is 0.163 e. The van der Waals surface area contributed by atoms with Crippen LogP contribution >= 0.6 is 0 Å². The van der Waals surface area contributed by atoms with Crippen molar-refractivity contribution in [1.29, 1.82) is 0 Å². The van der Waals surface area contributed by atoms with Gasteiger partial charge in [-0.25, -0.2) is 0 Å². The number of nitrogens with one attached hydrogen (secondary N) is 1. The summed E-state index contributed by atoms with van der Waals surface area (Å²) in [5.74, 6) is 0.489. The van der Waals surface area contributed by atoms with Crippen molar-refractivity contribution in [2.45, 2.75) is 38.7 Å². The summed E-state index contributed by atoms with van der Waals surface area (Å²) in [5.41, 5.74) is 0.547. The lowest BCUT2D eigenvalue weighted by Crippen LogP contribution is -2.32. The number of aliphatic hydroxyl groups excluding tert-OH is 1. The van der Waals surface area contributed by atoms with E-state index >= 15 is 0 Å². The molecule has 1 aromatic carbocycles. The molecule has 0 aliphatic carbocycles. The Hall–Kier alpha value is -1.39. The van der Waals surface area contributed by atoms with Gasteiger partial charge in [0.2, 0.25) is 0 Å². The fourth-order valence-corrected chi connectivity index (χ4v) is 2.00. The first kappa shape index (κ1) is 17.7. The van der Waals surface area contributed by atoms with E-state index in [1.807, 2.05) is 6.07 Å². The first-order chi connectivity index (χ1) is 10.1. The summed E-state index contributed by atoms with van der Waals surface area (Å²) < 4.78 is 5.54. The first-order valence-electron chi connectivity index (χ1n) is 7.56. The highest BCUT2D eigenvalue weighted by molar-refractivity contribution is 5.96. The quantitative estimate of drug-likeness (QED) is 0.486. The van der Waals surface area contributed by atoms with Crippen molar-refractivity contribution in [2.24, 2.45) is 0 Å². The van der Waals surface area contributed by atoms with Crippen molar-refractivity contribution in [3.05, 3.63) is 36.8 Å². The molecule has 4 nitrogen and oxygen atoms in total. The van der Waals surface area contributed by atoms with E-state index in [9.17, 15) is 9.90 Å². The molecule has 2 N–H and O–H groups in total. The molecule has 0 heterocycles. The van der Waals surface area contributed by atoms with Crippen LogP contribution in [0.5, 0.6) is 5.75 Å². The SMILES string of the molecule is [CH2]CCCCCNCC(O)COc1ccccc1C(C)=O. The average Bonchev–Trinajstić information content (AvgIpc) is 2.49. The largest absolute Gasteiger partial charge is 0.490 e. The minimum absolute atomic E-state index is 0.0383. The standard InChI is InChI=1S/C17H26NO3/c1-3-4-5-8-11-18-12-15(20)13-21-17-10-7-6-9-16(17)14(2)19/h6-7,9-10,15,18,20H,1,3-5,8,11-13H2,2H3. The summed E-state index contributed by atoms with van der Waals surface area (Å²) >= 11 is 0. The number of carbonyl (C=O) groups is 1. The van der Waals surface area contributed by atoms with Crippen LogP contribution in [-0.4, -0.2) is 36.7 Å². The average molecular weight is 292 g/mol. The van der Waals surface area contributed by atoms with E-state index in [2.05, 4.69) is 12.2 Å². The van der Waals surface area contributed by atoms with Crippen molar-refractivity contribution in [3.8, 4) is 5.75 Å². The van der Waals surface area contributed by atoms with Gasteiger partial charge in [-0.15, -0.1) is 0 Å². The number of unbranched alkanes of at least 4 members (excludes halogenated alkanes) is 3. The van der Waals surface area contributed by atoms with Crippen molar-refractivity contribution >= 4 is 5.78 Å². The molecule has 4 heteroatoms. The van der Waals surface area contributed by atoms with Gasteiger partial charge in [-0.2, -0.15) is 0 Å². The molecule has 0 spiro atoms. The van der Waals surface area contributed by atoms with Crippen LogP contribution in [0.15, 0.2) is 24.3 Å². The fraction of sp³-hybridized carbons (Fsp3) is 0.529. The van der Waals surface area contributed by atoms with Gasteiger partial charge in [0, 0.05) is 6.54 Å². The van der Waals surface area contributed by atoms with Crippen molar-refractivity contribution in [3.63, 3.8) is 0 Å². The van der Waals surface area contributed by atoms with Gasteiger partial charge in [-0.3, -0.25) is 4.79 Å². The molecule has 0 aliphatic heterocycles. The van der Waals surface area contributed by atoms with Crippen molar-refractivity contribution in [1.82, 2.24) is 5.32 Å². The third kappa shape index (κ3) is 7.25. The monoisotopic (exact) mass is 292 g/mol. The van der Waals surface area contributed by atoms with Gasteiger partial charge in [0.25, 0.3) is 0 Å². The number of hydrogen-bond donors (Lipinski definition) is 2. The van der Waals surface area contributed by atoms with Crippen molar-refractivity contribution in [2.75, 3.05) is 19.7 Å². The molecule has 0 aromatic heterocycles. The summed E-state index contributed by atoms with van der Waals surface area (Å²) in [6, 6.07) is 7.09. The number of carbonyl (C=O) groups excluding carboxylic acids is 1. The molecule has 21 heavy (non-hydrogen) atoms. The number of benzene rings is 1. The van der Waals surface area contributed by atoms with Gasteiger partial charge in [-0.1, -0.05) is 38.3 Å². The van der Waals surface area contributed by atoms with Gasteiger partial charge in [-0.05, 0) is 32.0 Å². The van der Waals surface area contributed by atoms with Crippen LogP contribution in [0.2, 0.25) is 0 Å². The van der Waals surface area contributed by atoms with Crippen LogP contribution in [0.4, 0.5) is 0 Å². The number of hydrogen-bond acceptors (Lipinski definition) is 4. The lowest BCUT2D eigenvalue weighted by Gasteiger charge is -2.14. The third-order valence-corrected chi connectivity index (χ3v) is 3.18. The Morgan fingerprint density at radius 2 is 2.10 bits per heavy atom. The highest BCUT2D eigenvalue weighted by Crippen LogP contribution is 2.18. The Kier molecular flexibility index (Phi) is 8.71. The summed E-state index contributed by atoms with van der Waals surface area (Å²) in [4.78, 5) is 11.4. The Morgan fingerprint density at radius 1 is 1.33 bits per heavy atom. The van der Waals surface area contributed by atoms with E-state index in [0.717, 1.165) is 32.2 Å². The van der Waals surface area contributed by atoms with Gasteiger partial charge < -0.3 is 15.2 Å². The molecule has 1 atom stereocenters. The zero-order valence-electron chi connectivity index (χ0n) is 12.8. The maximum atomic E-state index is 11.4. The maximum absolute atomic E-state index is 11.4. The van der Waals surface area contributed by atoms with Crippen molar-refractivity contribution < 1.29 is 14.6 Å². The van der Waals surface area contributed by atoms with Crippen LogP contribution < -0.4 is 10.1 Å². The molecule has 1 unspecified atom stereocenters. The van der Waals surface area contributed by atoms with E-state index < -0.39 is 6.10 Å². The van der Waals surface area contributed by atoms with E-state index in [-0.39, 0.29) is 12.4 Å². The van der Waals surface area contributed by atoms with Crippen LogP contribution in [0.1, 0.15) is 43.0 Å². The zero-order chi connectivity index (χ0) is 15.5. The second kappa shape index (κ2) is 10.4. The summed E-state index contributed by atoms with van der Waals surface area (Å²) in [6.45, 7) is 6.87. The van der Waals surface area contributed by atoms with Gasteiger partial charge in [0.15, 0.2) is 5.78 Å². The van der Waals surface area contributed by atoms with Gasteiger partial charge >= 0.3 is 0 Å². The lowest BCUT2D eigenvalue weighted by atomic mass is 10.1. The number of aliphatic hydroxyl groups is 1. The summed E-state index contributed by atoms with van der Waals surface area (Å²) in [5, 5.41) is 13.1. The maximum Gasteiger partial charge on any atom is 0.163 e. The molecule has 0 aliphatic rings. The molecule has 0 fully saturated rings. The lowest BCUT2D eigenvalue weighted by molar-refractivity contribution is 0.0974. The Balaban J connectivity index is 2.24. The minimum atomic E-state index is -0.585.